The van der Waals surface area contributed by atoms with Crippen molar-refractivity contribution in [2.45, 2.75) is 12.5 Å². The van der Waals surface area contributed by atoms with Crippen LogP contribution in [0, 0.1) is 0 Å². The normalized spacial score (nSPS) is 11.9. The van der Waals surface area contributed by atoms with Gasteiger partial charge in [0.15, 0.2) is 0 Å². The molecule has 0 aliphatic rings. The molecular formula is C9H14BrClN2. The topological polar surface area (TPSA) is 52.0 Å². The highest BCUT2D eigenvalue weighted by Gasteiger charge is 2.03. The molecule has 0 aromatic heterocycles. The fourth-order valence-electron chi connectivity index (χ4n) is 1.08. The Morgan fingerprint density at radius 2 is 2.08 bits per heavy atom. The Hall–Kier alpha value is -0.0900. The quantitative estimate of drug-likeness (QED) is 0.880. The number of halogens is 2. The first kappa shape index (κ1) is 12.9. The van der Waals surface area contributed by atoms with Crippen molar-refractivity contribution in [1.29, 1.82) is 0 Å². The van der Waals surface area contributed by atoms with Crippen LogP contribution in [0.25, 0.3) is 0 Å². The molecule has 0 aliphatic carbocycles. The first-order valence-corrected chi connectivity index (χ1v) is 4.74. The molecule has 0 amide bonds. The highest BCUT2D eigenvalue weighted by molar-refractivity contribution is 9.10. The van der Waals surface area contributed by atoms with E-state index in [4.69, 9.17) is 11.5 Å². The first-order chi connectivity index (χ1) is 5.74. The minimum Gasteiger partial charge on any atom is -0.330 e. The molecule has 2 nitrogen and oxygen atoms in total. The Kier molecular flexibility index (Phi) is 6.33. The molecule has 0 fully saturated rings. The fraction of sp³-hybridized carbons (Fsp3) is 0.333. The lowest BCUT2D eigenvalue weighted by molar-refractivity contribution is 0.661. The summed E-state index contributed by atoms with van der Waals surface area (Å²) in [5, 5.41) is 0. The predicted octanol–water partition coefficient (Wildman–Crippen LogP) is 2.22. The van der Waals surface area contributed by atoms with Crippen molar-refractivity contribution in [3.63, 3.8) is 0 Å². The van der Waals surface area contributed by atoms with Crippen LogP contribution in [0.15, 0.2) is 28.7 Å². The monoisotopic (exact) mass is 264 g/mol. The van der Waals surface area contributed by atoms with Crippen molar-refractivity contribution in [1.82, 2.24) is 0 Å². The van der Waals surface area contributed by atoms with E-state index in [2.05, 4.69) is 15.9 Å². The van der Waals surface area contributed by atoms with E-state index in [1.54, 1.807) is 0 Å². The van der Waals surface area contributed by atoms with Crippen LogP contribution >= 0.6 is 28.3 Å². The summed E-state index contributed by atoms with van der Waals surface area (Å²) in [5.41, 5.74) is 12.4. The van der Waals surface area contributed by atoms with Gasteiger partial charge in [-0.3, -0.25) is 0 Å². The summed E-state index contributed by atoms with van der Waals surface area (Å²) < 4.78 is 1.06. The molecule has 4 N–H and O–H groups in total. The van der Waals surface area contributed by atoms with Gasteiger partial charge in [-0.25, -0.2) is 0 Å². The lowest BCUT2D eigenvalue weighted by atomic mass is 10.1. The van der Waals surface area contributed by atoms with Crippen molar-refractivity contribution in [3.8, 4) is 0 Å². The molecule has 0 saturated carbocycles. The molecule has 74 valence electrons. The second-order valence-electron chi connectivity index (χ2n) is 2.74. The standard InChI is InChI=1S/C9H13BrN2.ClH/c10-8-3-1-2-7(6-8)9(12)4-5-11;/h1-3,6,9H,4-5,11-12H2;1H/t9-;/m1./s1. The average molecular weight is 266 g/mol. The second-order valence-corrected chi connectivity index (χ2v) is 3.65. The summed E-state index contributed by atoms with van der Waals surface area (Å²) in [6.45, 7) is 0.633. The largest absolute Gasteiger partial charge is 0.330 e. The van der Waals surface area contributed by atoms with E-state index in [1.165, 1.54) is 0 Å². The Balaban J connectivity index is 0.00000144. The smallest absolute Gasteiger partial charge is 0.0307 e. The average Bonchev–Trinajstić information content (AvgIpc) is 2.05. The van der Waals surface area contributed by atoms with Crippen LogP contribution in [0.3, 0.4) is 0 Å². The van der Waals surface area contributed by atoms with E-state index in [0.717, 1.165) is 16.5 Å². The molecule has 0 aliphatic heterocycles. The van der Waals surface area contributed by atoms with Gasteiger partial charge in [0.2, 0.25) is 0 Å². The zero-order chi connectivity index (χ0) is 8.97. The third kappa shape index (κ3) is 4.09. The van der Waals surface area contributed by atoms with Gasteiger partial charge in [0, 0.05) is 10.5 Å². The minimum absolute atomic E-state index is 0. The van der Waals surface area contributed by atoms with Crippen LogP contribution in [0.1, 0.15) is 18.0 Å². The summed E-state index contributed by atoms with van der Waals surface area (Å²) >= 11 is 3.39. The molecule has 0 bridgehead atoms. The van der Waals surface area contributed by atoms with Crippen LogP contribution in [0.2, 0.25) is 0 Å². The zero-order valence-electron chi connectivity index (χ0n) is 7.24. The number of nitrogens with two attached hydrogens (primary N) is 2. The molecule has 0 radical (unpaired) electrons. The van der Waals surface area contributed by atoms with E-state index in [0.29, 0.717) is 6.54 Å². The fourth-order valence-corrected chi connectivity index (χ4v) is 1.50. The number of benzene rings is 1. The predicted molar refractivity (Wildman–Crippen MR) is 62.0 cm³/mol. The number of hydrogen-bond donors (Lipinski definition) is 2. The van der Waals surface area contributed by atoms with Gasteiger partial charge < -0.3 is 11.5 Å². The maximum absolute atomic E-state index is 5.87. The molecule has 4 heteroatoms. The van der Waals surface area contributed by atoms with Crippen molar-refractivity contribution in [2.24, 2.45) is 11.5 Å². The van der Waals surface area contributed by atoms with Crippen LogP contribution in [0.5, 0.6) is 0 Å². The Bertz CT molecular complexity index is 255. The van der Waals surface area contributed by atoms with Crippen molar-refractivity contribution >= 4 is 28.3 Å². The van der Waals surface area contributed by atoms with Crippen molar-refractivity contribution in [2.75, 3.05) is 6.54 Å². The van der Waals surface area contributed by atoms with E-state index in [-0.39, 0.29) is 18.4 Å². The minimum atomic E-state index is 0. The first-order valence-electron chi connectivity index (χ1n) is 3.95. The van der Waals surface area contributed by atoms with Gasteiger partial charge >= 0.3 is 0 Å². The van der Waals surface area contributed by atoms with E-state index in [9.17, 15) is 0 Å². The van der Waals surface area contributed by atoms with Crippen LogP contribution in [0.4, 0.5) is 0 Å². The van der Waals surface area contributed by atoms with Gasteiger partial charge in [0.25, 0.3) is 0 Å². The summed E-state index contributed by atoms with van der Waals surface area (Å²) in [4.78, 5) is 0. The molecule has 0 heterocycles. The summed E-state index contributed by atoms with van der Waals surface area (Å²) in [6.07, 6.45) is 0.830. The molecule has 1 aromatic carbocycles. The highest BCUT2D eigenvalue weighted by Crippen LogP contribution is 2.17. The second kappa shape index (κ2) is 6.38. The molecule has 1 aromatic rings. The Morgan fingerprint density at radius 3 is 2.62 bits per heavy atom. The number of rotatable bonds is 3. The van der Waals surface area contributed by atoms with Crippen molar-refractivity contribution < 1.29 is 0 Å². The summed E-state index contributed by atoms with van der Waals surface area (Å²) in [5.74, 6) is 0. The molecule has 0 unspecified atom stereocenters. The molecule has 1 atom stereocenters. The zero-order valence-corrected chi connectivity index (χ0v) is 9.64. The van der Waals surface area contributed by atoms with E-state index < -0.39 is 0 Å². The molecular weight excluding hydrogens is 251 g/mol. The van der Waals surface area contributed by atoms with Gasteiger partial charge in [0.05, 0.1) is 0 Å². The van der Waals surface area contributed by atoms with Crippen molar-refractivity contribution in [3.05, 3.63) is 34.3 Å². The maximum Gasteiger partial charge on any atom is 0.0307 e. The lowest BCUT2D eigenvalue weighted by Gasteiger charge is -2.10. The van der Waals surface area contributed by atoms with Crippen LogP contribution in [-0.2, 0) is 0 Å². The third-order valence-corrected chi connectivity index (χ3v) is 2.25. The van der Waals surface area contributed by atoms with Gasteiger partial charge in [-0.15, -0.1) is 12.4 Å². The summed E-state index contributed by atoms with van der Waals surface area (Å²) in [7, 11) is 0. The maximum atomic E-state index is 5.87. The van der Waals surface area contributed by atoms with Gasteiger partial charge in [-0.2, -0.15) is 0 Å². The highest BCUT2D eigenvalue weighted by atomic mass is 79.9. The van der Waals surface area contributed by atoms with Gasteiger partial charge in [-0.1, -0.05) is 28.1 Å². The summed E-state index contributed by atoms with van der Waals surface area (Å²) in [6, 6.07) is 8.08. The Morgan fingerprint density at radius 1 is 1.38 bits per heavy atom. The molecule has 0 spiro atoms. The molecule has 13 heavy (non-hydrogen) atoms. The third-order valence-electron chi connectivity index (χ3n) is 1.75. The van der Waals surface area contributed by atoms with E-state index in [1.807, 2.05) is 24.3 Å². The van der Waals surface area contributed by atoms with Gasteiger partial charge in [-0.05, 0) is 30.7 Å². The van der Waals surface area contributed by atoms with E-state index >= 15 is 0 Å². The molecule has 0 saturated heterocycles. The molecule has 1 rings (SSSR count). The van der Waals surface area contributed by atoms with Gasteiger partial charge in [0.1, 0.15) is 0 Å². The van der Waals surface area contributed by atoms with Crippen LogP contribution in [-0.4, -0.2) is 6.54 Å². The lowest BCUT2D eigenvalue weighted by Crippen LogP contribution is -2.15. The Labute approximate surface area is 93.2 Å². The number of hydrogen-bond acceptors (Lipinski definition) is 2. The SMILES string of the molecule is Cl.NCC[C@@H](N)c1cccc(Br)c1. The van der Waals surface area contributed by atoms with Crippen LogP contribution < -0.4 is 11.5 Å².